The maximum atomic E-state index is 14.9. The minimum atomic E-state index is -0.624. The summed E-state index contributed by atoms with van der Waals surface area (Å²) in [6.45, 7) is 3.21. The van der Waals surface area contributed by atoms with Gasteiger partial charge in [0.25, 0.3) is 0 Å². The van der Waals surface area contributed by atoms with Crippen LogP contribution in [0.5, 0.6) is 11.5 Å². The maximum absolute atomic E-state index is 14.9. The molecule has 0 unspecified atom stereocenters. The molecule has 2 N–H and O–H groups in total. The standard InChI is InChI=1S/C26H25F3N2O2/c1-3-22(30)16-8-10-24(20(27)12-16)32-14-18-6-5-7-19(26(18)29)15-33-25-11-9-17(13-21(25)28)23(31)4-2/h5-13,30-31H,3-4,14-15H2,1-2H3. The van der Waals surface area contributed by atoms with Gasteiger partial charge in [0.05, 0.1) is 0 Å². The van der Waals surface area contributed by atoms with Crippen LogP contribution in [0.25, 0.3) is 0 Å². The smallest absolute Gasteiger partial charge is 0.165 e. The summed E-state index contributed by atoms with van der Waals surface area (Å²) in [4.78, 5) is 0. The molecule has 0 aliphatic heterocycles. The summed E-state index contributed by atoms with van der Waals surface area (Å²) >= 11 is 0. The van der Waals surface area contributed by atoms with Crippen LogP contribution in [0.4, 0.5) is 13.2 Å². The van der Waals surface area contributed by atoms with Gasteiger partial charge in [-0.3, -0.25) is 0 Å². The van der Waals surface area contributed by atoms with Crippen molar-refractivity contribution in [3.8, 4) is 11.5 Å². The molecule has 3 aromatic rings. The van der Waals surface area contributed by atoms with Crippen molar-refractivity contribution in [1.29, 1.82) is 10.8 Å². The fourth-order valence-corrected chi connectivity index (χ4v) is 3.19. The highest BCUT2D eigenvalue weighted by Crippen LogP contribution is 2.24. The summed E-state index contributed by atoms with van der Waals surface area (Å²) in [5.41, 5.74) is 1.97. The number of hydrogen-bond acceptors (Lipinski definition) is 4. The van der Waals surface area contributed by atoms with E-state index in [1.807, 2.05) is 13.8 Å². The first-order chi connectivity index (χ1) is 15.8. The number of halogens is 3. The van der Waals surface area contributed by atoms with Crippen LogP contribution in [0.3, 0.4) is 0 Å². The summed E-state index contributed by atoms with van der Waals surface area (Å²) in [5, 5.41) is 15.6. The van der Waals surface area contributed by atoms with Gasteiger partial charge in [0.2, 0.25) is 0 Å². The van der Waals surface area contributed by atoms with Crippen molar-refractivity contribution in [2.45, 2.75) is 39.9 Å². The molecule has 0 bridgehead atoms. The average molecular weight is 454 g/mol. The van der Waals surface area contributed by atoms with E-state index < -0.39 is 17.5 Å². The van der Waals surface area contributed by atoms with Gasteiger partial charge in [0.15, 0.2) is 23.1 Å². The topological polar surface area (TPSA) is 66.2 Å². The fraction of sp³-hybridized carbons (Fsp3) is 0.231. The van der Waals surface area contributed by atoms with Crippen molar-refractivity contribution < 1.29 is 22.6 Å². The molecule has 0 aliphatic carbocycles. The van der Waals surface area contributed by atoms with E-state index in [1.165, 1.54) is 36.4 Å². The Morgan fingerprint density at radius 2 is 1.12 bits per heavy atom. The van der Waals surface area contributed by atoms with Crippen LogP contribution in [0, 0.1) is 28.3 Å². The van der Waals surface area contributed by atoms with Crippen molar-refractivity contribution in [3.63, 3.8) is 0 Å². The largest absolute Gasteiger partial charge is 0.486 e. The summed E-state index contributed by atoms with van der Waals surface area (Å²) in [6, 6.07) is 13.1. The molecule has 0 fully saturated rings. The average Bonchev–Trinajstić information content (AvgIpc) is 2.82. The molecule has 0 saturated carbocycles. The maximum Gasteiger partial charge on any atom is 0.165 e. The van der Waals surface area contributed by atoms with Gasteiger partial charge in [-0.25, -0.2) is 13.2 Å². The second kappa shape index (κ2) is 10.8. The van der Waals surface area contributed by atoms with Crippen LogP contribution >= 0.6 is 0 Å². The lowest BCUT2D eigenvalue weighted by Crippen LogP contribution is -2.06. The monoisotopic (exact) mass is 454 g/mol. The Kier molecular flexibility index (Phi) is 7.87. The number of nitrogens with one attached hydrogen (secondary N) is 2. The third-order valence-corrected chi connectivity index (χ3v) is 5.19. The number of rotatable bonds is 10. The molecule has 3 aromatic carbocycles. The van der Waals surface area contributed by atoms with Crippen LogP contribution in [0.2, 0.25) is 0 Å². The number of ether oxygens (including phenoxy) is 2. The van der Waals surface area contributed by atoms with E-state index in [0.29, 0.717) is 35.4 Å². The Morgan fingerprint density at radius 3 is 1.48 bits per heavy atom. The summed E-state index contributed by atoms with van der Waals surface area (Å²) < 4.78 is 54.4. The lowest BCUT2D eigenvalue weighted by Gasteiger charge is -2.13. The molecule has 0 saturated heterocycles. The van der Waals surface area contributed by atoms with Gasteiger partial charge in [-0.2, -0.15) is 0 Å². The second-order valence-corrected chi connectivity index (χ2v) is 7.42. The first-order valence-corrected chi connectivity index (χ1v) is 10.6. The van der Waals surface area contributed by atoms with E-state index in [2.05, 4.69) is 0 Å². The molecule has 3 rings (SSSR count). The molecule has 0 radical (unpaired) electrons. The third kappa shape index (κ3) is 5.80. The van der Waals surface area contributed by atoms with Crippen LogP contribution in [-0.4, -0.2) is 11.4 Å². The molecule has 0 spiro atoms. The van der Waals surface area contributed by atoms with Crippen LogP contribution in [0.1, 0.15) is 48.9 Å². The highest BCUT2D eigenvalue weighted by atomic mass is 19.1. The third-order valence-electron chi connectivity index (χ3n) is 5.19. The molecule has 0 aliphatic rings. The molecular formula is C26H25F3N2O2. The fourth-order valence-electron chi connectivity index (χ4n) is 3.19. The Labute approximate surface area is 191 Å². The lowest BCUT2D eigenvalue weighted by molar-refractivity contribution is 0.274. The van der Waals surface area contributed by atoms with E-state index in [-0.39, 0.29) is 35.8 Å². The van der Waals surface area contributed by atoms with Gasteiger partial charge in [-0.1, -0.05) is 32.0 Å². The minimum absolute atomic E-state index is 0.0384. The van der Waals surface area contributed by atoms with E-state index in [4.69, 9.17) is 20.3 Å². The number of benzene rings is 3. The van der Waals surface area contributed by atoms with Gasteiger partial charge in [0, 0.05) is 22.6 Å². The zero-order valence-corrected chi connectivity index (χ0v) is 18.5. The van der Waals surface area contributed by atoms with Gasteiger partial charge in [-0.15, -0.1) is 0 Å². The molecular weight excluding hydrogens is 429 g/mol. The zero-order chi connectivity index (χ0) is 24.0. The molecule has 4 nitrogen and oxygen atoms in total. The molecule has 0 aromatic heterocycles. The summed E-state index contributed by atoms with van der Waals surface area (Å²) in [5.74, 6) is -1.90. The molecule has 7 heteroatoms. The first kappa shape index (κ1) is 24.0. The SMILES string of the molecule is CCC(=N)c1ccc(OCc2cccc(COc3ccc(C(=N)CC)cc3F)c2F)c(F)c1. The Bertz CT molecular complexity index is 1090. The molecule has 33 heavy (non-hydrogen) atoms. The molecule has 0 heterocycles. The molecule has 172 valence electrons. The Hall–Kier alpha value is -3.61. The van der Waals surface area contributed by atoms with E-state index in [9.17, 15) is 13.2 Å². The first-order valence-electron chi connectivity index (χ1n) is 10.6. The minimum Gasteiger partial charge on any atom is -0.486 e. The summed E-state index contributed by atoms with van der Waals surface area (Å²) in [6.07, 6.45) is 0.965. The normalized spacial score (nSPS) is 10.7. The Balaban J connectivity index is 1.67. The van der Waals surface area contributed by atoms with E-state index in [0.717, 1.165) is 0 Å². The lowest BCUT2D eigenvalue weighted by atomic mass is 10.1. The van der Waals surface area contributed by atoms with Crippen molar-refractivity contribution in [2.24, 2.45) is 0 Å². The van der Waals surface area contributed by atoms with E-state index >= 15 is 0 Å². The highest BCUT2D eigenvalue weighted by molar-refractivity contribution is 5.98. The molecule has 0 atom stereocenters. The highest BCUT2D eigenvalue weighted by Gasteiger charge is 2.13. The van der Waals surface area contributed by atoms with Gasteiger partial charge in [-0.05, 0) is 60.4 Å². The van der Waals surface area contributed by atoms with Crippen molar-refractivity contribution in [1.82, 2.24) is 0 Å². The summed E-state index contributed by atoms with van der Waals surface area (Å²) in [7, 11) is 0. The van der Waals surface area contributed by atoms with Gasteiger partial charge >= 0.3 is 0 Å². The van der Waals surface area contributed by atoms with Crippen LogP contribution < -0.4 is 9.47 Å². The van der Waals surface area contributed by atoms with Crippen molar-refractivity contribution >= 4 is 11.4 Å². The number of hydrogen-bond donors (Lipinski definition) is 2. The van der Waals surface area contributed by atoms with Gasteiger partial charge in [0.1, 0.15) is 19.0 Å². The zero-order valence-electron chi connectivity index (χ0n) is 18.5. The molecule has 0 amide bonds. The Morgan fingerprint density at radius 1 is 0.697 bits per heavy atom. The second-order valence-electron chi connectivity index (χ2n) is 7.42. The predicted molar refractivity (Wildman–Crippen MR) is 122 cm³/mol. The quantitative estimate of drug-likeness (QED) is 0.330. The van der Waals surface area contributed by atoms with Gasteiger partial charge < -0.3 is 20.3 Å². The predicted octanol–water partition coefficient (Wildman–Crippen LogP) is 6.82. The van der Waals surface area contributed by atoms with Crippen molar-refractivity contribution in [3.05, 3.63) is 94.3 Å². The van der Waals surface area contributed by atoms with Crippen LogP contribution in [0.15, 0.2) is 54.6 Å². The van der Waals surface area contributed by atoms with Crippen LogP contribution in [-0.2, 0) is 13.2 Å². The van der Waals surface area contributed by atoms with E-state index in [1.54, 1.807) is 18.2 Å². The van der Waals surface area contributed by atoms with Crippen molar-refractivity contribution in [2.75, 3.05) is 0 Å².